The van der Waals surface area contributed by atoms with Gasteiger partial charge in [0.2, 0.25) is 11.2 Å². The van der Waals surface area contributed by atoms with E-state index in [0.29, 0.717) is 53.6 Å². The summed E-state index contributed by atoms with van der Waals surface area (Å²) in [7, 11) is 4.02. The minimum atomic E-state index is -0.196. The van der Waals surface area contributed by atoms with Gasteiger partial charge in [-0.1, -0.05) is 72.8 Å². The lowest BCUT2D eigenvalue weighted by atomic mass is 10.1. The Morgan fingerprint density at radius 2 is 1.32 bits per heavy atom. The average Bonchev–Trinajstić information content (AvgIpc) is 2.99. The zero-order valence-corrected chi connectivity index (χ0v) is 22.8. The minimum Gasteiger partial charge on any atom is -0.486 e. The smallest absolute Gasteiger partial charge is 0.235 e. The average molecular weight is 536 g/mol. The molecule has 0 unspecified atom stereocenters. The zero-order valence-electron chi connectivity index (χ0n) is 22.8. The lowest BCUT2D eigenvalue weighted by molar-refractivity contribution is 0.256. The summed E-state index contributed by atoms with van der Waals surface area (Å²) in [6.45, 7) is 2.00. The fourth-order valence-corrected chi connectivity index (χ4v) is 4.35. The maximum atomic E-state index is 13.5. The van der Waals surface area contributed by atoms with Gasteiger partial charge in [0.1, 0.15) is 18.8 Å². The van der Waals surface area contributed by atoms with Crippen molar-refractivity contribution in [2.45, 2.75) is 19.6 Å². The Labute approximate surface area is 234 Å². The van der Waals surface area contributed by atoms with Crippen LogP contribution in [0.5, 0.6) is 17.2 Å². The van der Waals surface area contributed by atoms with E-state index in [9.17, 15) is 4.79 Å². The summed E-state index contributed by atoms with van der Waals surface area (Å²) in [5, 5.41) is 0.484. The molecule has 1 heterocycles. The molecule has 204 valence electrons. The van der Waals surface area contributed by atoms with Crippen LogP contribution in [0.2, 0.25) is 0 Å². The van der Waals surface area contributed by atoms with Crippen LogP contribution in [0.4, 0.5) is 0 Å². The van der Waals surface area contributed by atoms with Crippen LogP contribution in [0, 0.1) is 0 Å². The van der Waals surface area contributed by atoms with Crippen LogP contribution in [-0.4, -0.2) is 32.1 Å². The molecule has 0 radical (unpaired) electrons. The predicted molar refractivity (Wildman–Crippen MR) is 158 cm³/mol. The Morgan fingerprint density at radius 3 is 2.00 bits per heavy atom. The molecule has 6 nitrogen and oxygen atoms in total. The molecule has 0 saturated carbocycles. The van der Waals surface area contributed by atoms with E-state index in [4.69, 9.17) is 18.6 Å². The molecule has 40 heavy (non-hydrogen) atoms. The molecule has 5 rings (SSSR count). The number of benzene rings is 4. The molecule has 0 N–H and O–H groups in total. The highest BCUT2D eigenvalue weighted by Gasteiger charge is 2.20. The second-order valence-electron chi connectivity index (χ2n) is 9.80. The lowest BCUT2D eigenvalue weighted by Gasteiger charge is -2.16. The highest BCUT2D eigenvalue weighted by Crippen LogP contribution is 2.37. The summed E-state index contributed by atoms with van der Waals surface area (Å²) in [6.07, 6.45) is 0.774. The highest BCUT2D eigenvalue weighted by molar-refractivity contribution is 5.82. The van der Waals surface area contributed by atoms with Gasteiger partial charge in [-0.2, -0.15) is 0 Å². The van der Waals surface area contributed by atoms with E-state index in [1.807, 2.05) is 105 Å². The van der Waals surface area contributed by atoms with Crippen molar-refractivity contribution in [3.63, 3.8) is 0 Å². The summed E-state index contributed by atoms with van der Waals surface area (Å²) in [5.41, 5.74) is 3.05. The van der Waals surface area contributed by atoms with Crippen LogP contribution < -0.4 is 19.6 Å². The summed E-state index contributed by atoms with van der Waals surface area (Å²) in [5.74, 6) is 1.71. The van der Waals surface area contributed by atoms with Gasteiger partial charge in [-0.25, -0.2) is 0 Å². The van der Waals surface area contributed by atoms with Crippen molar-refractivity contribution >= 4 is 11.0 Å². The number of hydrogen-bond acceptors (Lipinski definition) is 6. The first-order chi connectivity index (χ1) is 19.6. The summed E-state index contributed by atoms with van der Waals surface area (Å²) < 4.78 is 24.8. The molecule has 0 bridgehead atoms. The Kier molecular flexibility index (Phi) is 8.79. The molecule has 1 aromatic heterocycles. The first-order valence-electron chi connectivity index (χ1n) is 13.4. The maximum absolute atomic E-state index is 13.5. The molecule has 0 amide bonds. The second kappa shape index (κ2) is 13.0. The van der Waals surface area contributed by atoms with Crippen molar-refractivity contribution in [2.75, 3.05) is 27.2 Å². The van der Waals surface area contributed by atoms with E-state index >= 15 is 0 Å². The molecule has 0 atom stereocenters. The van der Waals surface area contributed by atoms with Crippen molar-refractivity contribution in [1.29, 1.82) is 0 Å². The molecule has 0 aliphatic rings. The van der Waals surface area contributed by atoms with Gasteiger partial charge < -0.3 is 23.5 Å². The highest BCUT2D eigenvalue weighted by atomic mass is 16.5. The van der Waals surface area contributed by atoms with Gasteiger partial charge in [0.15, 0.2) is 17.3 Å². The normalized spacial score (nSPS) is 11.1. The molecule has 0 aliphatic carbocycles. The van der Waals surface area contributed by atoms with Crippen LogP contribution in [-0.2, 0) is 13.2 Å². The van der Waals surface area contributed by atoms with Crippen LogP contribution >= 0.6 is 0 Å². The van der Waals surface area contributed by atoms with Crippen molar-refractivity contribution < 1.29 is 18.6 Å². The van der Waals surface area contributed by atoms with Gasteiger partial charge in [0, 0.05) is 12.1 Å². The number of hydrogen-bond donors (Lipinski definition) is 0. The lowest BCUT2D eigenvalue weighted by Crippen LogP contribution is -2.17. The molecule has 6 heteroatoms. The Morgan fingerprint density at radius 1 is 0.700 bits per heavy atom. The minimum absolute atomic E-state index is 0.196. The molecule has 0 fully saturated rings. The number of fused-ring (bicyclic) bond motifs is 1. The SMILES string of the molecule is CN(C)CCCOc1c(-c2ccc(OCc3ccccc3)c(OCc3ccccc3)c2)oc2ccccc2c1=O. The third-order valence-corrected chi connectivity index (χ3v) is 6.43. The summed E-state index contributed by atoms with van der Waals surface area (Å²) in [4.78, 5) is 15.6. The Balaban J connectivity index is 1.51. The van der Waals surface area contributed by atoms with Gasteiger partial charge in [0.25, 0.3) is 0 Å². The third-order valence-electron chi connectivity index (χ3n) is 6.43. The van der Waals surface area contributed by atoms with Gasteiger partial charge >= 0.3 is 0 Å². The molecule has 5 aromatic rings. The van der Waals surface area contributed by atoms with Gasteiger partial charge in [0.05, 0.1) is 12.0 Å². The zero-order chi connectivity index (χ0) is 27.7. The van der Waals surface area contributed by atoms with Crippen LogP contribution in [0.15, 0.2) is 112 Å². The van der Waals surface area contributed by atoms with E-state index < -0.39 is 0 Å². The van der Waals surface area contributed by atoms with Crippen LogP contribution in [0.1, 0.15) is 17.5 Å². The van der Waals surface area contributed by atoms with Crippen LogP contribution in [0.25, 0.3) is 22.3 Å². The molecule has 4 aromatic carbocycles. The van der Waals surface area contributed by atoms with Gasteiger partial charge in [-0.05, 0) is 62.0 Å². The fourth-order valence-electron chi connectivity index (χ4n) is 4.35. The molecular formula is C34H33NO5. The first kappa shape index (κ1) is 27.0. The van der Waals surface area contributed by atoms with Crippen molar-refractivity contribution in [1.82, 2.24) is 4.90 Å². The summed E-state index contributed by atoms with van der Waals surface area (Å²) >= 11 is 0. The van der Waals surface area contributed by atoms with E-state index in [-0.39, 0.29) is 11.2 Å². The number of nitrogens with zero attached hydrogens (tertiary/aromatic N) is 1. The molecular weight excluding hydrogens is 502 g/mol. The van der Waals surface area contributed by atoms with E-state index in [1.165, 1.54) is 0 Å². The quantitative estimate of drug-likeness (QED) is 0.161. The number of para-hydroxylation sites is 1. The van der Waals surface area contributed by atoms with Crippen molar-refractivity contribution in [3.8, 4) is 28.6 Å². The molecule has 0 aliphatic heterocycles. The molecule has 0 saturated heterocycles. The number of rotatable bonds is 12. The van der Waals surface area contributed by atoms with Crippen molar-refractivity contribution in [2.24, 2.45) is 0 Å². The van der Waals surface area contributed by atoms with Crippen LogP contribution in [0.3, 0.4) is 0 Å². The van der Waals surface area contributed by atoms with Gasteiger partial charge in [-0.15, -0.1) is 0 Å². The van der Waals surface area contributed by atoms with E-state index in [2.05, 4.69) is 4.90 Å². The maximum Gasteiger partial charge on any atom is 0.235 e. The van der Waals surface area contributed by atoms with Gasteiger partial charge in [-0.3, -0.25) is 4.79 Å². The number of ether oxygens (including phenoxy) is 3. The monoisotopic (exact) mass is 535 g/mol. The largest absolute Gasteiger partial charge is 0.486 e. The summed E-state index contributed by atoms with van der Waals surface area (Å²) in [6, 6.07) is 32.7. The fraction of sp³-hybridized carbons (Fsp3) is 0.206. The standard InChI is InChI=1S/C34H33NO5/c1-35(2)20-11-21-37-34-32(36)28-16-9-10-17-29(28)40-33(34)27-18-19-30(38-23-25-12-5-3-6-13-25)31(22-27)39-24-26-14-7-4-8-15-26/h3-10,12-19,22H,11,20-21,23-24H2,1-2H3. The predicted octanol–water partition coefficient (Wildman–Crippen LogP) is 6.95. The second-order valence-corrected chi connectivity index (χ2v) is 9.80. The Bertz CT molecular complexity index is 1600. The van der Waals surface area contributed by atoms with Crippen molar-refractivity contribution in [3.05, 3.63) is 124 Å². The van der Waals surface area contributed by atoms with E-state index in [0.717, 1.165) is 24.1 Å². The molecule has 0 spiro atoms. The first-order valence-corrected chi connectivity index (χ1v) is 13.4. The topological polar surface area (TPSA) is 61.1 Å². The Hall–Kier alpha value is -4.55. The third kappa shape index (κ3) is 6.71. The van der Waals surface area contributed by atoms with E-state index in [1.54, 1.807) is 12.1 Å².